The number of amides is 2. The van der Waals surface area contributed by atoms with Crippen LogP contribution in [-0.2, 0) is 12.4 Å². The molecule has 2 heterocycles. The largest absolute Gasteiger partial charge is 0.416 e. The molecule has 1 aliphatic heterocycles. The van der Waals surface area contributed by atoms with Crippen LogP contribution < -0.4 is 4.90 Å². The molecule has 1 aromatic heterocycles. The van der Waals surface area contributed by atoms with Crippen molar-refractivity contribution in [2.24, 2.45) is 0 Å². The van der Waals surface area contributed by atoms with Crippen molar-refractivity contribution in [2.75, 3.05) is 4.90 Å². The number of rotatable bonds is 1. The van der Waals surface area contributed by atoms with E-state index in [-0.39, 0.29) is 24.8 Å². The highest BCUT2D eigenvalue weighted by atomic mass is 79.9. The molecule has 3 rings (SSSR count). The van der Waals surface area contributed by atoms with E-state index in [0.717, 1.165) is 11.3 Å². The van der Waals surface area contributed by atoms with Crippen LogP contribution in [0.2, 0.25) is 0 Å². The van der Waals surface area contributed by atoms with Crippen LogP contribution in [0.1, 0.15) is 31.8 Å². The van der Waals surface area contributed by atoms with Crippen LogP contribution in [0.3, 0.4) is 0 Å². The van der Waals surface area contributed by atoms with Gasteiger partial charge < -0.3 is 0 Å². The highest BCUT2D eigenvalue weighted by Crippen LogP contribution is 2.45. The maximum atomic E-state index is 13.0. The third kappa shape index (κ3) is 3.07. The van der Waals surface area contributed by atoms with E-state index in [1.54, 1.807) is 0 Å². The summed E-state index contributed by atoms with van der Waals surface area (Å²) >= 11 is 7.11. The first kappa shape index (κ1) is 19.4. The van der Waals surface area contributed by atoms with Crippen LogP contribution in [0.25, 0.3) is 0 Å². The lowest BCUT2D eigenvalue weighted by molar-refractivity contribution is -0.143. The van der Waals surface area contributed by atoms with Crippen molar-refractivity contribution < 1.29 is 35.9 Å². The van der Waals surface area contributed by atoms with Gasteiger partial charge in [-0.25, -0.2) is 4.90 Å². The van der Waals surface area contributed by atoms with Gasteiger partial charge in [-0.05, 0) is 50.1 Å². The summed E-state index contributed by atoms with van der Waals surface area (Å²) in [6.45, 7) is 0. The van der Waals surface area contributed by atoms with Crippen molar-refractivity contribution in [3.8, 4) is 0 Å². The molecule has 2 amide bonds. The quantitative estimate of drug-likeness (QED) is 0.335. The number of fused-ring (bicyclic) bond motifs is 1. The minimum Gasteiger partial charge on any atom is -0.268 e. The summed E-state index contributed by atoms with van der Waals surface area (Å²) < 4.78 is 78.4. The Morgan fingerprint density at radius 3 is 1.50 bits per heavy atom. The lowest BCUT2D eigenvalue weighted by Crippen LogP contribution is -2.30. The van der Waals surface area contributed by atoms with Crippen molar-refractivity contribution in [1.29, 1.82) is 0 Å². The smallest absolute Gasteiger partial charge is 0.268 e. The first-order valence-corrected chi connectivity index (χ1v) is 8.88. The van der Waals surface area contributed by atoms with Crippen LogP contribution in [0.4, 0.5) is 32.0 Å². The molecule has 0 aliphatic carbocycles. The maximum Gasteiger partial charge on any atom is 0.416 e. The lowest BCUT2D eigenvalue weighted by atomic mass is 10.1. The van der Waals surface area contributed by atoms with E-state index in [0.29, 0.717) is 17.0 Å². The number of nitrogens with zero attached hydrogens (tertiary/aromatic N) is 1. The molecular formula is C14H3Br2F6NO2S. The molecule has 0 radical (unpaired) electrons. The summed E-state index contributed by atoms with van der Waals surface area (Å²) in [6, 6.07) is 0.597. The fourth-order valence-electron chi connectivity index (χ4n) is 2.38. The molecule has 0 fully saturated rings. The average Bonchev–Trinajstić information content (AvgIpc) is 2.93. The molecule has 1 aromatic carbocycles. The Hall–Kier alpha value is -1.40. The molecule has 26 heavy (non-hydrogen) atoms. The number of carbonyl (C=O) groups is 2. The summed E-state index contributed by atoms with van der Waals surface area (Å²) in [4.78, 5) is 25.2. The Morgan fingerprint density at radius 2 is 1.15 bits per heavy atom. The van der Waals surface area contributed by atoms with E-state index < -0.39 is 41.0 Å². The summed E-state index contributed by atoms with van der Waals surface area (Å²) in [5.41, 5.74) is -4.26. The summed E-state index contributed by atoms with van der Waals surface area (Å²) in [5, 5.41) is 0. The second-order valence-electron chi connectivity index (χ2n) is 5.11. The maximum absolute atomic E-state index is 13.0. The highest BCUT2D eigenvalue weighted by Gasteiger charge is 2.44. The van der Waals surface area contributed by atoms with Crippen molar-refractivity contribution in [2.45, 2.75) is 12.4 Å². The standard InChI is InChI=1S/C14H3Br2F6NO2S/c15-9-7-8(10(16)26-9)12(25)23(11(7)24)6-2-4(13(17,18)19)1-5(3-6)14(20,21)22/h1-3H. The molecule has 0 bridgehead atoms. The van der Waals surface area contributed by atoms with E-state index in [1.165, 1.54) is 0 Å². The van der Waals surface area contributed by atoms with Gasteiger partial charge in [-0.2, -0.15) is 26.3 Å². The minimum atomic E-state index is -5.09. The van der Waals surface area contributed by atoms with E-state index in [1.807, 2.05) is 0 Å². The molecule has 3 nitrogen and oxygen atoms in total. The van der Waals surface area contributed by atoms with Crippen molar-refractivity contribution in [1.82, 2.24) is 0 Å². The molecule has 138 valence electrons. The molecule has 0 saturated heterocycles. The van der Waals surface area contributed by atoms with Gasteiger partial charge in [-0.1, -0.05) is 0 Å². The van der Waals surface area contributed by atoms with Crippen LogP contribution in [0.5, 0.6) is 0 Å². The topological polar surface area (TPSA) is 37.4 Å². The number of hydrogen-bond donors (Lipinski definition) is 0. The molecular weight excluding hydrogens is 520 g/mol. The highest BCUT2D eigenvalue weighted by molar-refractivity contribution is 9.12. The van der Waals surface area contributed by atoms with E-state index in [2.05, 4.69) is 31.9 Å². The molecule has 0 atom stereocenters. The van der Waals surface area contributed by atoms with Gasteiger partial charge in [0.05, 0.1) is 35.5 Å². The van der Waals surface area contributed by atoms with Crippen LogP contribution in [0, 0.1) is 0 Å². The Bertz CT molecular complexity index is 881. The Kier molecular flexibility index (Phi) is 4.51. The zero-order valence-corrected chi connectivity index (χ0v) is 15.9. The van der Waals surface area contributed by atoms with Crippen LogP contribution in [-0.4, -0.2) is 11.8 Å². The summed E-state index contributed by atoms with van der Waals surface area (Å²) in [5.74, 6) is -2.02. The molecule has 0 spiro atoms. The van der Waals surface area contributed by atoms with Crippen LogP contribution >= 0.6 is 43.2 Å². The predicted octanol–water partition coefficient (Wildman–Crippen LogP) is 6.11. The molecule has 0 saturated carbocycles. The number of imide groups is 1. The monoisotopic (exact) mass is 521 g/mol. The number of alkyl halides is 6. The van der Waals surface area contributed by atoms with E-state index in [9.17, 15) is 35.9 Å². The van der Waals surface area contributed by atoms with Gasteiger partial charge >= 0.3 is 12.4 Å². The second kappa shape index (κ2) is 6.06. The molecule has 2 aromatic rings. The van der Waals surface area contributed by atoms with Crippen molar-refractivity contribution in [3.63, 3.8) is 0 Å². The molecule has 0 N–H and O–H groups in total. The number of benzene rings is 1. The molecule has 1 aliphatic rings. The average molecular weight is 523 g/mol. The summed E-state index contributed by atoms with van der Waals surface area (Å²) in [7, 11) is 0. The van der Waals surface area contributed by atoms with E-state index in [4.69, 9.17) is 0 Å². The van der Waals surface area contributed by atoms with Gasteiger partial charge in [0.2, 0.25) is 0 Å². The first-order valence-electron chi connectivity index (χ1n) is 6.48. The number of halogens is 8. The number of hydrogen-bond acceptors (Lipinski definition) is 3. The van der Waals surface area contributed by atoms with Gasteiger partial charge in [-0.15, -0.1) is 11.3 Å². The van der Waals surface area contributed by atoms with Crippen molar-refractivity contribution in [3.05, 3.63) is 48.0 Å². The normalized spacial score (nSPS) is 15.0. The Morgan fingerprint density at radius 1 is 0.769 bits per heavy atom. The minimum absolute atomic E-state index is 0.0738. The van der Waals surface area contributed by atoms with Gasteiger partial charge in [0.15, 0.2) is 0 Å². The van der Waals surface area contributed by atoms with Gasteiger partial charge in [0.25, 0.3) is 11.8 Å². The second-order valence-corrected chi connectivity index (χ2v) is 8.77. The zero-order valence-electron chi connectivity index (χ0n) is 11.9. The molecule has 12 heteroatoms. The third-order valence-electron chi connectivity index (χ3n) is 3.49. The number of thiophene rings is 1. The van der Waals surface area contributed by atoms with E-state index >= 15 is 0 Å². The zero-order chi connectivity index (χ0) is 19.6. The van der Waals surface area contributed by atoms with Gasteiger partial charge in [-0.3, -0.25) is 9.59 Å². The molecule has 0 unspecified atom stereocenters. The summed E-state index contributed by atoms with van der Waals surface area (Å²) in [6.07, 6.45) is -10.2. The van der Waals surface area contributed by atoms with Gasteiger partial charge in [0, 0.05) is 0 Å². The van der Waals surface area contributed by atoms with Crippen molar-refractivity contribution >= 4 is 60.7 Å². The van der Waals surface area contributed by atoms with Gasteiger partial charge in [0.1, 0.15) is 0 Å². The third-order valence-corrected chi connectivity index (χ3v) is 6.02. The fourth-order valence-corrected chi connectivity index (χ4v) is 5.48. The Labute approximate surface area is 161 Å². The number of anilines is 1. The lowest BCUT2D eigenvalue weighted by Gasteiger charge is -2.19. The fraction of sp³-hybridized carbons (Fsp3) is 0.143. The number of carbonyl (C=O) groups excluding carboxylic acids is 2. The SMILES string of the molecule is O=C1c2c(Br)sc(Br)c2C(=O)N1c1cc(C(F)(F)F)cc(C(F)(F)F)c1. The Balaban J connectivity index is 2.20. The first-order chi connectivity index (χ1) is 11.8. The van der Waals surface area contributed by atoms with Crippen LogP contribution in [0.15, 0.2) is 25.8 Å². The predicted molar refractivity (Wildman–Crippen MR) is 87.3 cm³/mol.